The zero-order chi connectivity index (χ0) is 33.9. The monoisotopic (exact) mass is 616 g/mol. The number of carboxylic acids is 1. The van der Waals surface area contributed by atoms with Crippen molar-refractivity contribution in [3.8, 4) is 27.3 Å². The molecule has 3 heterocycles. The second kappa shape index (κ2) is 13.1. The third-order valence-electron chi connectivity index (χ3n) is 7.07. The summed E-state index contributed by atoms with van der Waals surface area (Å²) in [5.74, 6) is -3.23. The van der Waals surface area contributed by atoms with Crippen molar-refractivity contribution in [2.24, 2.45) is 5.73 Å². The molecule has 1 aliphatic rings. The summed E-state index contributed by atoms with van der Waals surface area (Å²) in [5, 5.41) is 19.4. The van der Waals surface area contributed by atoms with Crippen molar-refractivity contribution < 1.29 is 33.1 Å². The van der Waals surface area contributed by atoms with E-state index in [9.17, 15) is 24.3 Å². The maximum Gasteiger partial charge on any atom is 0.355 e. The Bertz CT molecular complexity index is 1890. The van der Waals surface area contributed by atoms with Crippen LogP contribution in [0.2, 0.25) is 0 Å². The third kappa shape index (κ3) is 6.03. The van der Waals surface area contributed by atoms with Gasteiger partial charge in [0, 0.05) is 57.7 Å². The zero-order valence-electron chi connectivity index (χ0n) is 26.7. The van der Waals surface area contributed by atoms with Crippen LogP contribution in [0.15, 0.2) is 53.9 Å². The summed E-state index contributed by atoms with van der Waals surface area (Å²) < 4.78 is 28.4. The van der Waals surface area contributed by atoms with Crippen molar-refractivity contribution in [3.63, 3.8) is 0 Å². The van der Waals surface area contributed by atoms with E-state index in [4.69, 9.17) is 14.6 Å². The van der Waals surface area contributed by atoms with Crippen molar-refractivity contribution in [2.45, 2.75) is 26.3 Å². The van der Waals surface area contributed by atoms with Crippen LogP contribution in [0.5, 0.6) is 5.75 Å². The van der Waals surface area contributed by atoms with Gasteiger partial charge in [0.1, 0.15) is 11.4 Å². The van der Waals surface area contributed by atoms with E-state index in [1.54, 1.807) is 18.2 Å². The number of carbonyl (C=O) groups is 4. The summed E-state index contributed by atoms with van der Waals surface area (Å²) in [5.41, 5.74) is 7.43. The molecule has 226 valence electrons. The van der Waals surface area contributed by atoms with Crippen molar-refractivity contribution in [3.05, 3.63) is 87.6 Å². The average Bonchev–Trinajstić information content (AvgIpc) is 3.43. The van der Waals surface area contributed by atoms with E-state index in [0.29, 0.717) is 42.9 Å². The molecule has 0 saturated heterocycles. The highest BCUT2D eigenvalue weighted by molar-refractivity contribution is 7.13. The van der Waals surface area contributed by atoms with Crippen LogP contribution in [0.25, 0.3) is 21.6 Å². The van der Waals surface area contributed by atoms with Crippen LogP contribution in [-0.4, -0.2) is 53.9 Å². The van der Waals surface area contributed by atoms with Crippen LogP contribution in [-0.2, 0) is 13.0 Å². The number of benzene rings is 2. The van der Waals surface area contributed by atoms with Crippen LogP contribution in [0.4, 0.5) is 5.69 Å². The predicted octanol–water partition coefficient (Wildman–Crippen LogP) is 4.32. The number of aromatic carboxylic acids is 1. The minimum atomic E-state index is -2.79. The van der Waals surface area contributed by atoms with E-state index in [0.717, 1.165) is 10.4 Å². The molecule has 0 bridgehead atoms. The molecule has 0 fully saturated rings. The van der Waals surface area contributed by atoms with Crippen LogP contribution in [0, 0.1) is 0 Å². The van der Waals surface area contributed by atoms with E-state index in [1.807, 2.05) is 23.7 Å². The first-order chi connectivity index (χ1) is 22.4. The Morgan fingerprint density at radius 1 is 1.02 bits per heavy atom. The number of rotatable bonds is 9. The number of aromatic nitrogens is 1. The number of hydrogen-bond acceptors (Lipinski definition) is 8. The fourth-order valence-corrected chi connectivity index (χ4v) is 5.87. The Kier molecular flexibility index (Phi) is 7.88. The predicted molar refractivity (Wildman–Crippen MR) is 167 cm³/mol. The van der Waals surface area contributed by atoms with Gasteiger partial charge in [0.25, 0.3) is 17.7 Å². The number of anilines is 1. The summed E-state index contributed by atoms with van der Waals surface area (Å²) in [6.45, 7) is -0.142. The van der Waals surface area contributed by atoms with E-state index in [-0.39, 0.29) is 40.2 Å². The van der Waals surface area contributed by atoms with Gasteiger partial charge in [0.15, 0.2) is 5.69 Å². The Balaban J connectivity index is 1.67. The maximum absolute atomic E-state index is 14.2. The number of hydrogen-bond donors (Lipinski definition) is 5. The van der Waals surface area contributed by atoms with Crippen LogP contribution in [0.1, 0.15) is 70.3 Å². The molecule has 4 aromatic rings. The molecule has 0 spiro atoms. The Labute approximate surface area is 261 Å². The lowest BCUT2D eigenvalue weighted by molar-refractivity contribution is 0.0690. The maximum atomic E-state index is 14.2. The molecule has 0 aliphatic carbocycles. The molecule has 12 heteroatoms. The topological polar surface area (TPSA) is 173 Å². The average molecular weight is 617 g/mol. The molecule has 3 amide bonds. The van der Waals surface area contributed by atoms with Gasteiger partial charge in [0.05, 0.1) is 17.9 Å². The first-order valence-electron chi connectivity index (χ1n) is 15.3. The lowest BCUT2D eigenvalue weighted by Crippen LogP contribution is -2.25. The number of nitrogens with one attached hydrogen (secondary N) is 3. The summed E-state index contributed by atoms with van der Waals surface area (Å²) >= 11 is 1.46. The molecule has 44 heavy (non-hydrogen) atoms. The van der Waals surface area contributed by atoms with Gasteiger partial charge < -0.3 is 31.5 Å². The molecule has 1 aliphatic heterocycles. The summed E-state index contributed by atoms with van der Waals surface area (Å²) in [6.07, 6.45) is 1.28. The van der Waals surface area contributed by atoms with Gasteiger partial charge in [-0.15, -0.1) is 11.3 Å². The number of carboxylic acid groups (broad SMARTS) is 1. The molecule has 5 rings (SSSR count). The summed E-state index contributed by atoms with van der Waals surface area (Å²) in [7, 11) is 0. The molecule has 0 saturated carbocycles. The first-order valence-corrected chi connectivity index (χ1v) is 14.7. The second-order valence-electron chi connectivity index (χ2n) is 9.91. The van der Waals surface area contributed by atoms with Crippen LogP contribution in [0.3, 0.4) is 0 Å². The molecular formula is C32H31N5O6S. The van der Waals surface area contributed by atoms with Gasteiger partial charge in [-0.2, -0.15) is 0 Å². The quantitative estimate of drug-likeness (QED) is 0.185. The normalized spacial score (nSPS) is 13.1. The second-order valence-corrected chi connectivity index (χ2v) is 10.8. The van der Waals surface area contributed by atoms with Crippen LogP contribution < -0.4 is 26.4 Å². The summed E-state index contributed by atoms with van der Waals surface area (Å²) in [6, 6.07) is 12.3. The largest absolute Gasteiger partial charge is 0.493 e. The minimum Gasteiger partial charge on any atom is -0.493 e. The lowest BCUT2D eigenvalue weighted by atomic mass is 9.93. The minimum absolute atomic E-state index is 0.00225. The zero-order valence-corrected chi connectivity index (χ0v) is 24.5. The van der Waals surface area contributed by atoms with Gasteiger partial charge >= 0.3 is 5.97 Å². The van der Waals surface area contributed by atoms with E-state index < -0.39 is 36.4 Å². The molecule has 0 unspecified atom stereocenters. The molecule has 6 N–H and O–H groups in total. The van der Waals surface area contributed by atoms with Gasteiger partial charge in [0.2, 0.25) is 0 Å². The van der Waals surface area contributed by atoms with Crippen molar-refractivity contribution in [1.29, 1.82) is 0 Å². The fraction of sp³-hybridized carbons (Fsp3) is 0.219. The molecule has 0 atom stereocenters. The van der Waals surface area contributed by atoms with Gasteiger partial charge in [-0.1, -0.05) is 13.0 Å². The SMILES string of the molecule is [2H]C([2H])([2H])NC(=O)c1cc(CN)ccc1NC(=O)c1cc2c(cc1-c1ccc(C(=O)NCCC)nc1C(=O)O)OCCc1ccsc1-2. The smallest absolute Gasteiger partial charge is 0.355 e. The van der Waals surface area contributed by atoms with Crippen molar-refractivity contribution >= 4 is 40.7 Å². The highest BCUT2D eigenvalue weighted by Gasteiger charge is 2.27. The molecule has 2 aromatic carbocycles. The number of ether oxygens (including phenoxy) is 1. The number of carbonyl (C=O) groups excluding carboxylic acids is 3. The number of amides is 3. The van der Waals surface area contributed by atoms with Crippen molar-refractivity contribution in [2.75, 3.05) is 25.4 Å². The Hall–Kier alpha value is -5.07. The number of nitrogens with zero attached hydrogens (tertiary/aromatic N) is 1. The number of fused-ring (bicyclic) bond motifs is 3. The van der Waals surface area contributed by atoms with E-state index >= 15 is 0 Å². The molecule has 11 nitrogen and oxygen atoms in total. The number of thiophene rings is 1. The van der Waals surface area contributed by atoms with Gasteiger partial charge in [-0.25, -0.2) is 9.78 Å². The highest BCUT2D eigenvalue weighted by Crippen LogP contribution is 2.43. The van der Waals surface area contributed by atoms with Crippen molar-refractivity contribution in [1.82, 2.24) is 15.6 Å². The Morgan fingerprint density at radius 3 is 2.61 bits per heavy atom. The standard InChI is InChI=1S/C32H31N5O6S/c1-3-10-35-31(40)25-7-5-19(27(36-25)32(41)42)20-15-26-23(28-18(8-11-43-26)9-12-44-28)14-21(20)30(39)37-24-6-4-17(16-33)13-22(24)29(38)34-2/h4-7,9,12-15H,3,8,10-11,16,33H2,1-2H3,(H,34,38)(H,35,40)(H,37,39)(H,41,42)/i2D3. The van der Waals surface area contributed by atoms with E-state index in [2.05, 4.69) is 15.6 Å². The number of pyridine rings is 1. The first kappa shape index (κ1) is 26.5. The Morgan fingerprint density at radius 2 is 1.86 bits per heavy atom. The fourth-order valence-electron chi connectivity index (χ4n) is 4.89. The van der Waals surface area contributed by atoms with Gasteiger partial charge in [-0.05, 0) is 65.4 Å². The lowest BCUT2D eigenvalue weighted by Gasteiger charge is -2.18. The third-order valence-corrected chi connectivity index (χ3v) is 8.06. The van der Waals surface area contributed by atoms with E-state index in [1.165, 1.54) is 35.6 Å². The van der Waals surface area contributed by atoms with Gasteiger partial charge in [-0.3, -0.25) is 14.4 Å². The number of nitrogens with two attached hydrogens (primary N) is 1. The molecular weight excluding hydrogens is 582 g/mol. The molecule has 2 aromatic heterocycles. The summed E-state index contributed by atoms with van der Waals surface area (Å²) in [4.78, 5) is 57.3. The molecule has 0 radical (unpaired) electrons. The van der Waals surface area contributed by atoms with Crippen LogP contribution >= 0.6 is 11.3 Å². The highest BCUT2D eigenvalue weighted by atomic mass is 32.1.